The normalized spacial score (nSPS) is 10.4. The number of halogens is 2. The van der Waals surface area contributed by atoms with Gasteiger partial charge in [-0.1, -0.05) is 34.1 Å². The predicted octanol–water partition coefficient (Wildman–Crippen LogP) is 3.02. The second-order valence-corrected chi connectivity index (χ2v) is 5.53. The van der Waals surface area contributed by atoms with Crippen LogP contribution >= 0.6 is 15.9 Å². The van der Waals surface area contributed by atoms with Crippen LogP contribution in [0.4, 0.5) is 4.39 Å². The topological polar surface area (TPSA) is 55.1 Å². The highest BCUT2D eigenvalue weighted by molar-refractivity contribution is 9.10. The van der Waals surface area contributed by atoms with Crippen molar-refractivity contribution in [1.29, 1.82) is 0 Å². The van der Waals surface area contributed by atoms with Gasteiger partial charge in [-0.05, 0) is 42.8 Å². The van der Waals surface area contributed by atoms with E-state index >= 15 is 0 Å². The highest BCUT2D eigenvalue weighted by Gasteiger charge is 2.11. The molecule has 0 aliphatic carbocycles. The van der Waals surface area contributed by atoms with Gasteiger partial charge in [0.15, 0.2) is 0 Å². The number of nitrogens with one attached hydrogen (secondary N) is 1. The Morgan fingerprint density at radius 3 is 2.71 bits per heavy atom. The maximum atomic E-state index is 13.6. The summed E-state index contributed by atoms with van der Waals surface area (Å²) in [5, 5.41) is 2.74. The minimum Gasteiger partial charge on any atom is -0.348 e. The van der Waals surface area contributed by atoms with Crippen molar-refractivity contribution in [1.82, 2.24) is 5.32 Å². The predicted molar refractivity (Wildman–Crippen MR) is 84.5 cm³/mol. The standard InChI is InChI=1S/C16H16BrFN2O/c17-13-5-6-15(18)12(9-13)10-20-16(21)14-4-2-1-3-11(14)7-8-19/h1-6,9H,7-8,10,19H2,(H,20,21). The van der Waals surface area contributed by atoms with Gasteiger partial charge in [-0.15, -0.1) is 0 Å². The Morgan fingerprint density at radius 1 is 1.19 bits per heavy atom. The van der Waals surface area contributed by atoms with Gasteiger partial charge in [-0.2, -0.15) is 0 Å². The molecule has 2 aromatic carbocycles. The molecule has 0 saturated heterocycles. The summed E-state index contributed by atoms with van der Waals surface area (Å²) in [7, 11) is 0. The van der Waals surface area contributed by atoms with E-state index in [9.17, 15) is 9.18 Å². The molecule has 0 bridgehead atoms. The number of amides is 1. The smallest absolute Gasteiger partial charge is 0.251 e. The first-order valence-corrected chi connectivity index (χ1v) is 7.41. The van der Waals surface area contributed by atoms with Gasteiger partial charge < -0.3 is 11.1 Å². The molecule has 1 amide bonds. The molecular formula is C16H16BrFN2O. The summed E-state index contributed by atoms with van der Waals surface area (Å²) in [6.07, 6.45) is 0.634. The monoisotopic (exact) mass is 350 g/mol. The zero-order valence-corrected chi connectivity index (χ0v) is 13.0. The summed E-state index contributed by atoms with van der Waals surface area (Å²) in [6.45, 7) is 0.617. The number of carbonyl (C=O) groups excluding carboxylic acids is 1. The fraction of sp³-hybridized carbons (Fsp3) is 0.188. The van der Waals surface area contributed by atoms with E-state index in [0.717, 1.165) is 10.0 Å². The van der Waals surface area contributed by atoms with Gasteiger partial charge in [0, 0.05) is 22.1 Å². The molecule has 0 unspecified atom stereocenters. The molecule has 3 nitrogen and oxygen atoms in total. The molecule has 0 heterocycles. The van der Waals surface area contributed by atoms with Crippen LogP contribution in [0, 0.1) is 5.82 Å². The quantitative estimate of drug-likeness (QED) is 0.870. The van der Waals surface area contributed by atoms with Crippen molar-refractivity contribution in [2.75, 3.05) is 6.54 Å². The number of nitrogens with two attached hydrogens (primary N) is 1. The Morgan fingerprint density at radius 2 is 1.95 bits per heavy atom. The van der Waals surface area contributed by atoms with Crippen LogP contribution in [0.5, 0.6) is 0 Å². The van der Waals surface area contributed by atoms with Gasteiger partial charge in [0.1, 0.15) is 5.82 Å². The summed E-state index contributed by atoms with van der Waals surface area (Å²) in [5.74, 6) is -0.563. The number of hydrogen-bond donors (Lipinski definition) is 2. The van der Waals surface area contributed by atoms with Crippen molar-refractivity contribution in [3.05, 3.63) is 69.4 Å². The SMILES string of the molecule is NCCc1ccccc1C(=O)NCc1cc(Br)ccc1F. The van der Waals surface area contributed by atoms with Gasteiger partial charge in [0.05, 0.1) is 0 Å². The Labute approximate surface area is 131 Å². The molecule has 0 radical (unpaired) electrons. The number of rotatable bonds is 5. The lowest BCUT2D eigenvalue weighted by Crippen LogP contribution is -2.25. The van der Waals surface area contributed by atoms with Gasteiger partial charge in [0.25, 0.3) is 5.91 Å². The first-order valence-electron chi connectivity index (χ1n) is 6.62. The fourth-order valence-electron chi connectivity index (χ4n) is 2.06. The van der Waals surface area contributed by atoms with Gasteiger partial charge in [-0.25, -0.2) is 4.39 Å². The van der Waals surface area contributed by atoms with Crippen LogP contribution in [0.3, 0.4) is 0 Å². The minimum atomic E-state index is -0.339. The fourth-order valence-corrected chi connectivity index (χ4v) is 2.47. The summed E-state index contributed by atoms with van der Waals surface area (Å²) < 4.78 is 14.4. The maximum Gasteiger partial charge on any atom is 0.251 e. The van der Waals surface area contributed by atoms with Crippen LogP contribution < -0.4 is 11.1 Å². The van der Waals surface area contributed by atoms with E-state index in [1.807, 2.05) is 12.1 Å². The highest BCUT2D eigenvalue weighted by atomic mass is 79.9. The Balaban J connectivity index is 2.10. The summed E-state index contributed by atoms with van der Waals surface area (Å²) >= 11 is 3.29. The van der Waals surface area contributed by atoms with Crippen molar-refractivity contribution in [3.63, 3.8) is 0 Å². The van der Waals surface area contributed by atoms with E-state index in [0.29, 0.717) is 24.1 Å². The van der Waals surface area contributed by atoms with Crippen LogP contribution in [0.25, 0.3) is 0 Å². The maximum absolute atomic E-state index is 13.6. The zero-order chi connectivity index (χ0) is 15.2. The molecule has 0 fully saturated rings. The van der Waals surface area contributed by atoms with E-state index in [4.69, 9.17) is 5.73 Å². The Bertz CT molecular complexity index is 646. The third-order valence-corrected chi connectivity index (χ3v) is 3.62. The minimum absolute atomic E-state index is 0.140. The first-order chi connectivity index (χ1) is 10.1. The lowest BCUT2D eigenvalue weighted by Gasteiger charge is -2.10. The van der Waals surface area contributed by atoms with Crippen LogP contribution in [0.15, 0.2) is 46.9 Å². The van der Waals surface area contributed by atoms with E-state index in [1.165, 1.54) is 6.07 Å². The first kappa shape index (κ1) is 15.7. The van der Waals surface area contributed by atoms with Crippen LogP contribution in [0.1, 0.15) is 21.5 Å². The van der Waals surface area contributed by atoms with Crippen LogP contribution in [-0.4, -0.2) is 12.5 Å². The molecule has 2 rings (SSSR count). The molecule has 0 aliphatic heterocycles. The highest BCUT2D eigenvalue weighted by Crippen LogP contribution is 2.16. The molecule has 0 spiro atoms. The van der Waals surface area contributed by atoms with Crippen molar-refractivity contribution in [2.24, 2.45) is 5.73 Å². The average molecular weight is 351 g/mol. The van der Waals surface area contributed by atoms with E-state index < -0.39 is 0 Å². The second kappa shape index (κ2) is 7.33. The van der Waals surface area contributed by atoms with Crippen LogP contribution in [0.2, 0.25) is 0 Å². The van der Waals surface area contributed by atoms with E-state index in [2.05, 4.69) is 21.2 Å². The second-order valence-electron chi connectivity index (χ2n) is 4.61. The molecule has 2 aromatic rings. The molecule has 0 aromatic heterocycles. The Hall–Kier alpha value is -1.72. The van der Waals surface area contributed by atoms with Gasteiger partial charge >= 0.3 is 0 Å². The van der Waals surface area contributed by atoms with Crippen molar-refractivity contribution >= 4 is 21.8 Å². The van der Waals surface area contributed by atoms with Crippen molar-refractivity contribution in [2.45, 2.75) is 13.0 Å². The van der Waals surface area contributed by atoms with Crippen LogP contribution in [-0.2, 0) is 13.0 Å². The van der Waals surface area contributed by atoms with E-state index in [-0.39, 0.29) is 18.3 Å². The summed E-state index contributed by atoms with van der Waals surface area (Å²) in [5.41, 5.74) is 7.46. The van der Waals surface area contributed by atoms with E-state index in [1.54, 1.807) is 24.3 Å². The average Bonchev–Trinajstić information content (AvgIpc) is 2.49. The molecule has 110 valence electrons. The lowest BCUT2D eigenvalue weighted by atomic mass is 10.0. The van der Waals surface area contributed by atoms with Gasteiger partial charge in [0.2, 0.25) is 0 Å². The molecule has 3 N–H and O–H groups in total. The largest absolute Gasteiger partial charge is 0.348 e. The molecule has 0 saturated carbocycles. The lowest BCUT2D eigenvalue weighted by molar-refractivity contribution is 0.0949. The molecular weight excluding hydrogens is 335 g/mol. The molecule has 5 heteroatoms. The van der Waals surface area contributed by atoms with Crippen molar-refractivity contribution in [3.8, 4) is 0 Å². The third-order valence-electron chi connectivity index (χ3n) is 3.12. The molecule has 0 atom stereocenters. The van der Waals surface area contributed by atoms with Crippen molar-refractivity contribution < 1.29 is 9.18 Å². The number of hydrogen-bond acceptors (Lipinski definition) is 2. The molecule has 21 heavy (non-hydrogen) atoms. The third kappa shape index (κ3) is 4.12. The number of benzene rings is 2. The molecule has 0 aliphatic rings. The zero-order valence-electron chi connectivity index (χ0n) is 11.4. The summed E-state index contributed by atoms with van der Waals surface area (Å²) in [6, 6.07) is 11.9. The summed E-state index contributed by atoms with van der Waals surface area (Å²) in [4.78, 5) is 12.2. The number of carbonyl (C=O) groups is 1. The van der Waals surface area contributed by atoms with Gasteiger partial charge in [-0.3, -0.25) is 4.79 Å². The Kier molecular flexibility index (Phi) is 5.47.